The lowest BCUT2D eigenvalue weighted by Crippen LogP contribution is -2.15. The van der Waals surface area contributed by atoms with Crippen LogP contribution in [0, 0.1) is 0 Å². The molecule has 0 aliphatic rings. The van der Waals surface area contributed by atoms with Crippen LogP contribution in [-0.4, -0.2) is 33.2 Å². The Labute approximate surface area is 124 Å². The molecule has 2 rings (SSSR count). The zero-order valence-corrected chi connectivity index (χ0v) is 11.1. The molecule has 0 aromatic heterocycles. The first kappa shape index (κ1) is 15.0. The number of aromatic carboxylic acids is 3. The number of nitrogens with two attached hydrogens (primary N) is 1. The zero-order valence-electron chi connectivity index (χ0n) is 11.1. The van der Waals surface area contributed by atoms with Crippen molar-refractivity contribution in [3.8, 4) is 11.1 Å². The average molecular weight is 301 g/mol. The summed E-state index contributed by atoms with van der Waals surface area (Å²) in [4.78, 5) is 34.1. The lowest BCUT2D eigenvalue weighted by Gasteiger charge is -2.15. The maximum Gasteiger partial charge on any atom is 0.338 e. The maximum atomic E-state index is 11.5. The third-order valence-corrected chi connectivity index (χ3v) is 3.10. The van der Waals surface area contributed by atoms with Crippen molar-refractivity contribution in [2.24, 2.45) is 0 Å². The van der Waals surface area contributed by atoms with Gasteiger partial charge in [0.05, 0.1) is 22.4 Å². The number of hydrogen-bond acceptors (Lipinski definition) is 4. The molecule has 0 unspecified atom stereocenters. The third kappa shape index (κ3) is 2.47. The fourth-order valence-corrected chi connectivity index (χ4v) is 2.17. The molecule has 0 atom stereocenters. The van der Waals surface area contributed by atoms with Crippen molar-refractivity contribution in [3.05, 3.63) is 53.1 Å². The highest BCUT2D eigenvalue weighted by molar-refractivity contribution is 6.12. The molecule has 5 N–H and O–H groups in total. The molecule has 0 amide bonds. The highest BCUT2D eigenvalue weighted by Crippen LogP contribution is 2.34. The predicted octanol–water partition coefficient (Wildman–Crippen LogP) is 2.03. The van der Waals surface area contributed by atoms with E-state index in [1.807, 2.05) is 0 Å². The van der Waals surface area contributed by atoms with Crippen LogP contribution in [0.25, 0.3) is 11.1 Å². The Morgan fingerprint density at radius 3 is 1.82 bits per heavy atom. The van der Waals surface area contributed by atoms with Gasteiger partial charge >= 0.3 is 17.9 Å². The van der Waals surface area contributed by atoms with Crippen LogP contribution in [0.2, 0.25) is 0 Å². The normalized spacial score (nSPS) is 10.2. The monoisotopic (exact) mass is 301 g/mol. The fraction of sp³-hybridized carbons (Fsp3) is 0. The zero-order chi connectivity index (χ0) is 16.4. The molecule has 0 heterocycles. The van der Waals surface area contributed by atoms with Crippen LogP contribution in [0.5, 0.6) is 0 Å². The molecule has 7 nitrogen and oxygen atoms in total. The molecule has 0 saturated carbocycles. The van der Waals surface area contributed by atoms with Crippen molar-refractivity contribution >= 4 is 23.6 Å². The van der Waals surface area contributed by atoms with Gasteiger partial charge in [-0.1, -0.05) is 30.3 Å². The molecule has 7 heteroatoms. The molecule has 0 fully saturated rings. The van der Waals surface area contributed by atoms with Gasteiger partial charge in [-0.25, -0.2) is 14.4 Å². The van der Waals surface area contributed by atoms with Crippen molar-refractivity contribution in [2.45, 2.75) is 0 Å². The summed E-state index contributed by atoms with van der Waals surface area (Å²) in [5, 5.41) is 27.7. The molecule has 0 aliphatic heterocycles. The van der Waals surface area contributed by atoms with E-state index in [2.05, 4.69) is 0 Å². The van der Waals surface area contributed by atoms with Gasteiger partial charge in [0, 0.05) is 5.56 Å². The minimum atomic E-state index is -1.50. The van der Waals surface area contributed by atoms with E-state index in [-0.39, 0.29) is 5.56 Å². The highest BCUT2D eigenvalue weighted by atomic mass is 16.4. The van der Waals surface area contributed by atoms with Gasteiger partial charge in [0.1, 0.15) is 0 Å². The van der Waals surface area contributed by atoms with Gasteiger partial charge in [-0.05, 0) is 11.6 Å². The number of nitrogen functional groups attached to an aromatic ring is 1. The molecule has 2 aromatic rings. The Kier molecular flexibility index (Phi) is 3.81. The van der Waals surface area contributed by atoms with E-state index in [9.17, 15) is 24.6 Å². The van der Waals surface area contributed by atoms with Crippen LogP contribution in [0.4, 0.5) is 5.69 Å². The van der Waals surface area contributed by atoms with Gasteiger partial charge in [-0.2, -0.15) is 0 Å². The largest absolute Gasteiger partial charge is 0.478 e. The van der Waals surface area contributed by atoms with E-state index < -0.39 is 40.3 Å². The smallest absolute Gasteiger partial charge is 0.338 e. The summed E-state index contributed by atoms with van der Waals surface area (Å²) in [5.41, 5.74) is 3.82. The third-order valence-electron chi connectivity index (χ3n) is 3.10. The molecule has 2 aromatic carbocycles. The van der Waals surface area contributed by atoms with Gasteiger partial charge < -0.3 is 21.1 Å². The summed E-state index contributed by atoms with van der Waals surface area (Å²) >= 11 is 0. The Balaban J connectivity index is 2.97. The average Bonchev–Trinajstić information content (AvgIpc) is 2.46. The van der Waals surface area contributed by atoms with Crippen molar-refractivity contribution in [1.82, 2.24) is 0 Å². The first-order chi connectivity index (χ1) is 10.3. The van der Waals surface area contributed by atoms with Crippen LogP contribution in [-0.2, 0) is 0 Å². The fourth-order valence-electron chi connectivity index (χ4n) is 2.17. The van der Waals surface area contributed by atoms with E-state index in [1.54, 1.807) is 18.2 Å². The minimum absolute atomic E-state index is 0.122. The van der Waals surface area contributed by atoms with E-state index >= 15 is 0 Å². The second-order valence-corrected chi connectivity index (χ2v) is 4.42. The summed E-state index contributed by atoms with van der Waals surface area (Å²) in [7, 11) is 0. The van der Waals surface area contributed by atoms with Crippen molar-refractivity contribution in [2.75, 3.05) is 5.73 Å². The molecule has 112 valence electrons. The Hall–Kier alpha value is -3.35. The highest BCUT2D eigenvalue weighted by Gasteiger charge is 2.27. The summed E-state index contributed by atoms with van der Waals surface area (Å²) in [5.74, 6) is -4.44. The van der Waals surface area contributed by atoms with Gasteiger partial charge in [0.2, 0.25) is 0 Å². The van der Waals surface area contributed by atoms with Crippen LogP contribution >= 0.6 is 0 Å². The standard InChI is InChI=1S/C15H11NO6/c16-12-9(14(19)20)6-8(13(17)18)10(11(12)15(21)22)7-4-2-1-3-5-7/h1-6H,16H2,(H,17,18)(H,19,20)(H,21,22). The summed E-state index contributed by atoms with van der Waals surface area (Å²) in [6, 6.07) is 8.80. The van der Waals surface area contributed by atoms with E-state index in [0.29, 0.717) is 5.56 Å². The molecule has 22 heavy (non-hydrogen) atoms. The Morgan fingerprint density at radius 2 is 1.36 bits per heavy atom. The first-order valence-electron chi connectivity index (χ1n) is 6.06. The number of benzene rings is 2. The Morgan fingerprint density at radius 1 is 0.818 bits per heavy atom. The molecule has 0 saturated heterocycles. The lowest BCUT2D eigenvalue weighted by molar-refractivity contribution is 0.0696. The summed E-state index contributed by atoms with van der Waals surface area (Å²) in [6.45, 7) is 0. The van der Waals surface area contributed by atoms with Crippen molar-refractivity contribution in [3.63, 3.8) is 0 Å². The molecule has 0 bridgehead atoms. The lowest BCUT2D eigenvalue weighted by atomic mass is 9.90. The predicted molar refractivity (Wildman–Crippen MR) is 77.2 cm³/mol. The minimum Gasteiger partial charge on any atom is -0.478 e. The van der Waals surface area contributed by atoms with Crippen LogP contribution in [0.3, 0.4) is 0 Å². The first-order valence-corrected chi connectivity index (χ1v) is 6.06. The number of anilines is 1. The quantitative estimate of drug-likeness (QED) is 0.634. The van der Waals surface area contributed by atoms with Gasteiger partial charge in [0.25, 0.3) is 0 Å². The van der Waals surface area contributed by atoms with Gasteiger partial charge in [0.15, 0.2) is 0 Å². The molecule has 0 spiro atoms. The summed E-state index contributed by atoms with van der Waals surface area (Å²) < 4.78 is 0. The van der Waals surface area contributed by atoms with Gasteiger partial charge in [-0.15, -0.1) is 0 Å². The van der Waals surface area contributed by atoms with Crippen molar-refractivity contribution < 1.29 is 29.7 Å². The number of carbonyl (C=O) groups is 3. The second-order valence-electron chi connectivity index (χ2n) is 4.42. The number of carboxylic acid groups (broad SMARTS) is 3. The van der Waals surface area contributed by atoms with E-state index in [1.165, 1.54) is 12.1 Å². The maximum absolute atomic E-state index is 11.5. The SMILES string of the molecule is Nc1c(C(=O)O)cc(C(=O)O)c(-c2ccccc2)c1C(=O)O. The molecule has 0 aliphatic carbocycles. The van der Waals surface area contributed by atoms with E-state index in [0.717, 1.165) is 6.07 Å². The van der Waals surface area contributed by atoms with Crippen LogP contribution < -0.4 is 5.73 Å². The molecule has 0 radical (unpaired) electrons. The number of rotatable bonds is 4. The summed E-state index contributed by atoms with van der Waals surface area (Å²) in [6.07, 6.45) is 0. The Bertz CT molecular complexity index is 782. The van der Waals surface area contributed by atoms with Crippen LogP contribution in [0.15, 0.2) is 36.4 Å². The second kappa shape index (κ2) is 5.57. The topological polar surface area (TPSA) is 138 Å². The molecular formula is C15H11NO6. The van der Waals surface area contributed by atoms with Crippen LogP contribution in [0.1, 0.15) is 31.1 Å². The van der Waals surface area contributed by atoms with Crippen molar-refractivity contribution in [1.29, 1.82) is 0 Å². The van der Waals surface area contributed by atoms with Gasteiger partial charge in [-0.3, -0.25) is 0 Å². The number of hydrogen-bond donors (Lipinski definition) is 4. The number of carboxylic acids is 3. The molecular weight excluding hydrogens is 290 g/mol. The van der Waals surface area contributed by atoms with E-state index in [4.69, 9.17) is 10.8 Å².